The number of ketones is 1. The van der Waals surface area contributed by atoms with Crippen molar-refractivity contribution in [2.45, 2.75) is 19.8 Å². The third-order valence-corrected chi connectivity index (χ3v) is 2.85. The van der Waals surface area contributed by atoms with Gasteiger partial charge < -0.3 is 4.90 Å². The summed E-state index contributed by atoms with van der Waals surface area (Å²) in [6.07, 6.45) is 2.63. The monoisotopic (exact) mass is 218 g/mol. The average molecular weight is 218 g/mol. The zero-order valence-corrected chi connectivity index (χ0v) is 9.27. The van der Waals surface area contributed by atoms with Gasteiger partial charge in [0.2, 0.25) is 0 Å². The summed E-state index contributed by atoms with van der Waals surface area (Å²) in [5.41, 5.74) is 1.38. The second kappa shape index (κ2) is 4.43. The molecule has 4 nitrogen and oxygen atoms in total. The maximum Gasteiger partial charge on any atom is 0.255 e. The molecule has 1 aliphatic heterocycles. The summed E-state index contributed by atoms with van der Waals surface area (Å²) < 4.78 is 0. The first-order valence-corrected chi connectivity index (χ1v) is 5.41. The lowest BCUT2D eigenvalue weighted by Gasteiger charge is -2.26. The summed E-state index contributed by atoms with van der Waals surface area (Å²) in [7, 11) is 0. The van der Waals surface area contributed by atoms with Crippen LogP contribution in [0.1, 0.15) is 28.9 Å². The van der Waals surface area contributed by atoms with E-state index in [1.54, 1.807) is 23.2 Å². The van der Waals surface area contributed by atoms with Gasteiger partial charge in [0, 0.05) is 37.8 Å². The topological polar surface area (TPSA) is 50.3 Å². The lowest BCUT2D eigenvalue weighted by molar-refractivity contribution is -0.120. The number of rotatable bonds is 1. The highest BCUT2D eigenvalue weighted by molar-refractivity contribution is 5.96. The standard InChI is InChI=1S/C12H14N2O2/c1-9-11(3-2-6-13-9)12(16)14-7-4-10(15)5-8-14/h2-3,6H,4-5,7-8H2,1H3. The summed E-state index contributed by atoms with van der Waals surface area (Å²) in [4.78, 5) is 29.0. The minimum atomic E-state index is -0.0156. The van der Waals surface area contributed by atoms with Gasteiger partial charge in [-0.15, -0.1) is 0 Å². The van der Waals surface area contributed by atoms with E-state index in [1.165, 1.54) is 0 Å². The molecule has 2 rings (SSSR count). The fourth-order valence-corrected chi connectivity index (χ4v) is 1.84. The average Bonchev–Trinajstić information content (AvgIpc) is 2.30. The van der Waals surface area contributed by atoms with E-state index < -0.39 is 0 Å². The first-order chi connectivity index (χ1) is 7.68. The van der Waals surface area contributed by atoms with Crippen molar-refractivity contribution in [3.05, 3.63) is 29.6 Å². The Morgan fingerprint density at radius 1 is 1.38 bits per heavy atom. The van der Waals surface area contributed by atoms with Gasteiger partial charge in [-0.05, 0) is 19.1 Å². The molecule has 0 saturated carbocycles. The first kappa shape index (κ1) is 10.8. The van der Waals surface area contributed by atoms with Crippen LogP contribution < -0.4 is 0 Å². The number of aromatic nitrogens is 1. The van der Waals surface area contributed by atoms with Crippen molar-refractivity contribution in [1.29, 1.82) is 0 Å². The number of likely N-dealkylation sites (tertiary alicyclic amines) is 1. The second-order valence-electron chi connectivity index (χ2n) is 3.97. The minimum Gasteiger partial charge on any atom is -0.338 e. The van der Waals surface area contributed by atoms with Crippen LogP contribution in [0.15, 0.2) is 18.3 Å². The molecule has 0 spiro atoms. The molecule has 84 valence electrons. The Morgan fingerprint density at radius 3 is 2.69 bits per heavy atom. The van der Waals surface area contributed by atoms with Gasteiger partial charge >= 0.3 is 0 Å². The number of pyridine rings is 1. The molecule has 0 unspecified atom stereocenters. The zero-order chi connectivity index (χ0) is 11.5. The van der Waals surface area contributed by atoms with Crippen LogP contribution in [0.5, 0.6) is 0 Å². The van der Waals surface area contributed by atoms with Gasteiger partial charge in [-0.1, -0.05) is 0 Å². The molecule has 16 heavy (non-hydrogen) atoms. The number of hydrogen-bond acceptors (Lipinski definition) is 3. The molecule has 1 amide bonds. The summed E-state index contributed by atoms with van der Waals surface area (Å²) in [5.74, 6) is 0.227. The Balaban J connectivity index is 2.14. The molecule has 4 heteroatoms. The number of hydrogen-bond donors (Lipinski definition) is 0. The molecule has 0 N–H and O–H groups in total. The highest BCUT2D eigenvalue weighted by Gasteiger charge is 2.22. The summed E-state index contributed by atoms with van der Waals surface area (Å²) in [5, 5.41) is 0. The summed E-state index contributed by atoms with van der Waals surface area (Å²) in [6, 6.07) is 3.54. The molecule has 0 aliphatic carbocycles. The highest BCUT2D eigenvalue weighted by atomic mass is 16.2. The molecule has 1 fully saturated rings. The van der Waals surface area contributed by atoms with Crippen LogP contribution in [0, 0.1) is 6.92 Å². The fourth-order valence-electron chi connectivity index (χ4n) is 1.84. The number of aryl methyl sites for hydroxylation is 1. The van der Waals surface area contributed by atoms with Crippen LogP contribution in [-0.4, -0.2) is 34.7 Å². The number of nitrogens with zero attached hydrogens (tertiary/aromatic N) is 2. The van der Waals surface area contributed by atoms with Crippen molar-refractivity contribution in [3.63, 3.8) is 0 Å². The molecule has 2 heterocycles. The van der Waals surface area contributed by atoms with Crippen molar-refractivity contribution in [1.82, 2.24) is 9.88 Å². The Bertz CT molecular complexity index is 419. The molecule has 1 aromatic heterocycles. The van der Waals surface area contributed by atoms with Gasteiger partial charge in [-0.25, -0.2) is 0 Å². The molecular weight excluding hydrogens is 204 g/mol. The molecule has 0 atom stereocenters. The van der Waals surface area contributed by atoms with Crippen molar-refractivity contribution >= 4 is 11.7 Å². The van der Waals surface area contributed by atoms with Crippen LogP contribution in [0.25, 0.3) is 0 Å². The van der Waals surface area contributed by atoms with Gasteiger partial charge in [0.1, 0.15) is 5.78 Å². The van der Waals surface area contributed by atoms with Crippen LogP contribution in [0.4, 0.5) is 0 Å². The third kappa shape index (κ3) is 2.10. The minimum absolute atomic E-state index is 0.0156. The molecule has 0 radical (unpaired) electrons. The first-order valence-electron chi connectivity index (χ1n) is 5.41. The summed E-state index contributed by atoms with van der Waals surface area (Å²) >= 11 is 0. The molecule has 0 aromatic carbocycles. The van der Waals surface area contributed by atoms with E-state index in [1.807, 2.05) is 6.92 Å². The lowest BCUT2D eigenvalue weighted by Crippen LogP contribution is -2.38. The fraction of sp³-hybridized carbons (Fsp3) is 0.417. The van der Waals surface area contributed by atoms with Gasteiger partial charge in [-0.2, -0.15) is 0 Å². The van der Waals surface area contributed by atoms with Gasteiger partial charge in [0.25, 0.3) is 5.91 Å². The van der Waals surface area contributed by atoms with Crippen molar-refractivity contribution in [3.8, 4) is 0 Å². The number of carbonyl (C=O) groups is 2. The quantitative estimate of drug-likeness (QED) is 0.711. The van der Waals surface area contributed by atoms with E-state index in [4.69, 9.17) is 0 Å². The lowest BCUT2D eigenvalue weighted by atomic mass is 10.1. The van der Waals surface area contributed by atoms with Gasteiger partial charge in [0.05, 0.1) is 5.56 Å². The highest BCUT2D eigenvalue weighted by Crippen LogP contribution is 2.12. The van der Waals surface area contributed by atoms with Crippen LogP contribution >= 0.6 is 0 Å². The Kier molecular flexibility index (Phi) is 2.99. The Morgan fingerprint density at radius 2 is 2.06 bits per heavy atom. The molecule has 0 bridgehead atoms. The van der Waals surface area contributed by atoms with Crippen LogP contribution in [0.2, 0.25) is 0 Å². The maximum absolute atomic E-state index is 12.1. The van der Waals surface area contributed by atoms with E-state index in [-0.39, 0.29) is 11.7 Å². The predicted molar refractivity (Wildman–Crippen MR) is 59.1 cm³/mol. The van der Waals surface area contributed by atoms with Crippen molar-refractivity contribution in [2.75, 3.05) is 13.1 Å². The number of amides is 1. The van der Waals surface area contributed by atoms with Crippen LogP contribution in [0.3, 0.4) is 0 Å². The SMILES string of the molecule is Cc1ncccc1C(=O)N1CCC(=O)CC1. The number of piperidine rings is 1. The van der Waals surface area contributed by atoms with Crippen LogP contribution in [-0.2, 0) is 4.79 Å². The predicted octanol–water partition coefficient (Wildman–Crippen LogP) is 1.20. The van der Waals surface area contributed by atoms with E-state index >= 15 is 0 Å². The van der Waals surface area contributed by atoms with E-state index in [9.17, 15) is 9.59 Å². The number of carbonyl (C=O) groups excluding carboxylic acids is 2. The van der Waals surface area contributed by atoms with Gasteiger partial charge in [-0.3, -0.25) is 14.6 Å². The van der Waals surface area contributed by atoms with Gasteiger partial charge in [0.15, 0.2) is 0 Å². The smallest absolute Gasteiger partial charge is 0.255 e. The normalized spacial score (nSPS) is 16.3. The maximum atomic E-state index is 12.1. The second-order valence-corrected chi connectivity index (χ2v) is 3.97. The Labute approximate surface area is 94.3 Å². The van der Waals surface area contributed by atoms with Crippen molar-refractivity contribution in [2.24, 2.45) is 0 Å². The largest absolute Gasteiger partial charge is 0.338 e. The Hall–Kier alpha value is -1.71. The van der Waals surface area contributed by atoms with E-state index in [0.29, 0.717) is 31.5 Å². The van der Waals surface area contributed by atoms with E-state index in [0.717, 1.165) is 5.69 Å². The zero-order valence-electron chi connectivity index (χ0n) is 9.27. The summed E-state index contributed by atoms with van der Waals surface area (Å²) in [6.45, 7) is 2.89. The molecular formula is C12H14N2O2. The molecule has 1 aliphatic rings. The van der Waals surface area contributed by atoms with Crippen molar-refractivity contribution < 1.29 is 9.59 Å². The molecule has 1 aromatic rings. The third-order valence-electron chi connectivity index (χ3n) is 2.85. The van der Waals surface area contributed by atoms with E-state index in [2.05, 4.69) is 4.98 Å². The molecule has 1 saturated heterocycles. The number of Topliss-reactive ketones (excluding diaryl/α,β-unsaturated/α-hetero) is 1.